The fraction of sp³-hybridized carbons (Fsp3) is 0.884. The van der Waals surface area contributed by atoms with Crippen LogP contribution in [0.2, 0.25) is 0 Å². The summed E-state index contributed by atoms with van der Waals surface area (Å²) in [4.78, 5) is 69.4. The van der Waals surface area contributed by atoms with Gasteiger partial charge in [-0.05, 0) is 111 Å². The third-order valence-corrected chi connectivity index (χ3v) is 16.3. The van der Waals surface area contributed by atoms with Crippen LogP contribution in [0.15, 0.2) is 0 Å². The number of likely N-dealkylation sites (tertiary alicyclic amines) is 2. The maximum absolute atomic E-state index is 12.3. The summed E-state index contributed by atoms with van der Waals surface area (Å²) in [6, 6.07) is 0. The number of carbonyl (C=O) groups excluding carboxylic acids is 5. The van der Waals surface area contributed by atoms with Crippen molar-refractivity contribution >= 4 is 61.3 Å². The molecule has 63 heavy (non-hydrogen) atoms. The van der Waals surface area contributed by atoms with Gasteiger partial charge in [-0.25, -0.2) is 26.4 Å². The highest BCUT2D eigenvalue weighted by atomic mass is 32.2. The molecule has 20 heteroatoms. The Balaban J connectivity index is 0.000000210. The number of sulfone groups is 2. The molecule has 0 unspecified atom stereocenters. The lowest BCUT2D eigenvalue weighted by Gasteiger charge is -2.34. The molecule has 6 aliphatic heterocycles. The van der Waals surface area contributed by atoms with Gasteiger partial charge in [-0.3, -0.25) is 14.4 Å². The molecule has 0 saturated carbocycles. The zero-order chi connectivity index (χ0) is 46.4. The number of hydrogen-bond donors (Lipinski definition) is 1. The minimum absolute atomic E-state index is 0.0284. The molecule has 6 saturated heterocycles. The molecule has 6 rings (SSSR count). The number of carbonyl (C=O) groups is 5. The molecule has 1 N–H and O–H groups in total. The van der Waals surface area contributed by atoms with Crippen LogP contribution in [-0.2, 0) is 43.5 Å². The number of rotatable bonds is 6. The van der Waals surface area contributed by atoms with Gasteiger partial charge < -0.3 is 39.3 Å². The Morgan fingerprint density at radius 1 is 0.476 bits per heavy atom. The Labute approximate surface area is 381 Å². The van der Waals surface area contributed by atoms with Crippen molar-refractivity contribution in [3.63, 3.8) is 0 Å². The average molecular weight is 949 g/mol. The summed E-state index contributed by atoms with van der Waals surface area (Å²) in [5.74, 6) is 4.08. The summed E-state index contributed by atoms with van der Waals surface area (Å²) in [6.45, 7) is 18.9. The number of piperidine rings is 3. The zero-order valence-electron chi connectivity index (χ0n) is 38.8. The molecular formula is C43H76N6O11S3. The second-order valence-corrected chi connectivity index (χ2v) is 25.5. The summed E-state index contributed by atoms with van der Waals surface area (Å²) >= 11 is 1.92. The maximum Gasteiger partial charge on any atom is 0.410 e. The van der Waals surface area contributed by atoms with Gasteiger partial charge in [0, 0.05) is 96.2 Å². The Kier molecular flexibility index (Phi) is 20.2. The van der Waals surface area contributed by atoms with E-state index in [-0.39, 0.29) is 58.8 Å². The topological polar surface area (TPSA) is 200 Å². The largest absolute Gasteiger partial charge is 0.444 e. The van der Waals surface area contributed by atoms with Crippen molar-refractivity contribution in [1.29, 1.82) is 0 Å². The molecule has 362 valence electrons. The monoisotopic (exact) mass is 948 g/mol. The number of hydrogen-bond acceptors (Lipinski definition) is 13. The Bertz CT molecular complexity index is 1710. The highest BCUT2D eigenvalue weighted by Crippen LogP contribution is 2.26. The second kappa shape index (κ2) is 24.1. The smallest absolute Gasteiger partial charge is 0.410 e. The van der Waals surface area contributed by atoms with Crippen LogP contribution in [0.4, 0.5) is 9.59 Å². The summed E-state index contributed by atoms with van der Waals surface area (Å²) in [7, 11) is -5.85. The molecule has 0 atom stereocenters. The predicted octanol–water partition coefficient (Wildman–Crippen LogP) is 3.51. The van der Waals surface area contributed by atoms with E-state index in [2.05, 4.69) is 5.32 Å². The first-order chi connectivity index (χ1) is 29.5. The van der Waals surface area contributed by atoms with Gasteiger partial charge in [-0.1, -0.05) is 0 Å². The van der Waals surface area contributed by atoms with E-state index < -0.39 is 30.9 Å². The summed E-state index contributed by atoms with van der Waals surface area (Å²) in [6.07, 6.45) is 6.57. The van der Waals surface area contributed by atoms with E-state index in [1.54, 1.807) is 19.6 Å². The highest BCUT2D eigenvalue weighted by molar-refractivity contribution is 7.99. The normalized spacial score (nSPS) is 22.7. The first kappa shape index (κ1) is 52.8. The predicted molar refractivity (Wildman–Crippen MR) is 245 cm³/mol. The van der Waals surface area contributed by atoms with Crippen molar-refractivity contribution in [2.24, 2.45) is 17.8 Å². The number of nitrogens with zero attached hydrogens (tertiary/aromatic N) is 5. The van der Waals surface area contributed by atoms with Crippen LogP contribution < -0.4 is 5.32 Å². The van der Waals surface area contributed by atoms with Crippen LogP contribution in [0, 0.1) is 17.8 Å². The van der Waals surface area contributed by atoms with Crippen LogP contribution in [0.1, 0.15) is 99.3 Å². The molecule has 0 aromatic rings. The van der Waals surface area contributed by atoms with E-state index >= 15 is 0 Å². The quantitative estimate of drug-likeness (QED) is 0.406. The SMILES string of the molecule is CC(C)(C)OC(=O)N1CCC(CC(=O)N2CCS(=O)(=O)CC2)CC1.CC(C)(C)OC(=O)N1CCC(CC(=O)N2CCSCC2)CC1.O=C(CC1CCNCC1)N1CCS(=O)(=O)CC1. The van der Waals surface area contributed by atoms with E-state index in [0.717, 1.165) is 76.2 Å². The first-order valence-corrected chi connectivity index (χ1v) is 27.8. The fourth-order valence-electron chi connectivity index (χ4n) is 8.24. The van der Waals surface area contributed by atoms with Gasteiger partial charge in [0.05, 0.1) is 23.0 Å². The van der Waals surface area contributed by atoms with Crippen LogP contribution >= 0.6 is 11.8 Å². The van der Waals surface area contributed by atoms with Crippen molar-refractivity contribution in [1.82, 2.24) is 29.8 Å². The van der Waals surface area contributed by atoms with Crippen LogP contribution in [0.25, 0.3) is 0 Å². The van der Waals surface area contributed by atoms with Gasteiger partial charge in [-0.15, -0.1) is 0 Å². The second-order valence-electron chi connectivity index (χ2n) is 19.7. The molecule has 0 bridgehead atoms. The van der Waals surface area contributed by atoms with Crippen LogP contribution in [0.5, 0.6) is 0 Å². The van der Waals surface area contributed by atoms with E-state index in [1.165, 1.54) is 0 Å². The molecule has 0 aliphatic carbocycles. The van der Waals surface area contributed by atoms with Gasteiger partial charge in [0.25, 0.3) is 0 Å². The molecule has 0 spiro atoms. The number of ether oxygens (including phenoxy) is 2. The van der Waals surface area contributed by atoms with E-state index in [1.807, 2.05) is 58.2 Å². The third kappa shape index (κ3) is 19.7. The van der Waals surface area contributed by atoms with Crippen molar-refractivity contribution in [2.75, 3.05) is 113 Å². The molecule has 0 aromatic heterocycles. The van der Waals surface area contributed by atoms with E-state index in [0.29, 0.717) is 83.5 Å². The van der Waals surface area contributed by atoms with Crippen molar-refractivity contribution in [3.05, 3.63) is 0 Å². The maximum atomic E-state index is 12.3. The molecule has 17 nitrogen and oxygen atoms in total. The number of nitrogens with one attached hydrogen (secondary N) is 1. The Hall–Kier alpha value is -2.84. The van der Waals surface area contributed by atoms with Gasteiger partial charge in [0.2, 0.25) is 17.7 Å². The summed E-state index contributed by atoms with van der Waals surface area (Å²) in [5.41, 5.74) is -0.950. The fourth-order valence-corrected chi connectivity index (χ4v) is 11.5. The minimum Gasteiger partial charge on any atom is -0.444 e. The molecule has 6 heterocycles. The van der Waals surface area contributed by atoms with E-state index in [9.17, 15) is 40.8 Å². The van der Waals surface area contributed by atoms with Gasteiger partial charge in [-0.2, -0.15) is 11.8 Å². The van der Waals surface area contributed by atoms with Gasteiger partial charge >= 0.3 is 12.2 Å². The molecule has 5 amide bonds. The standard InChI is InChI=1S/C16H28N2O5S.C16H28N2O3S.C11H20N2O3S/c1-16(2,3)23-15(20)18-6-4-13(5-7-18)12-14(19)17-8-10-24(21,22)11-9-17;1-16(2,3)21-15(20)18-6-4-13(5-7-18)12-14(19)17-8-10-22-11-9-17;14-11(9-10-1-3-12-4-2-10)13-5-7-17(15,16)8-6-13/h13H,4-12H2,1-3H3;13H,4-12H2,1-3H3;10,12H,1-9H2. The molecular weight excluding hydrogens is 873 g/mol. The summed E-state index contributed by atoms with van der Waals surface area (Å²) in [5, 5.41) is 3.27. The number of amides is 5. The lowest BCUT2D eigenvalue weighted by molar-refractivity contribution is -0.133. The zero-order valence-corrected chi connectivity index (χ0v) is 41.2. The first-order valence-electron chi connectivity index (χ1n) is 23.0. The lowest BCUT2D eigenvalue weighted by Crippen LogP contribution is -2.45. The third-order valence-electron chi connectivity index (χ3n) is 12.1. The van der Waals surface area contributed by atoms with E-state index in [4.69, 9.17) is 9.47 Å². The van der Waals surface area contributed by atoms with Crippen LogP contribution in [0.3, 0.4) is 0 Å². The van der Waals surface area contributed by atoms with Gasteiger partial charge in [0.15, 0.2) is 19.7 Å². The van der Waals surface area contributed by atoms with Gasteiger partial charge in [0.1, 0.15) is 11.2 Å². The average Bonchev–Trinajstić information content (AvgIpc) is 3.21. The molecule has 6 aliphatic rings. The molecule has 0 aromatic carbocycles. The summed E-state index contributed by atoms with van der Waals surface area (Å²) < 4.78 is 56.1. The highest BCUT2D eigenvalue weighted by Gasteiger charge is 2.32. The van der Waals surface area contributed by atoms with Crippen molar-refractivity contribution in [2.45, 2.75) is 111 Å². The Morgan fingerprint density at radius 3 is 1.10 bits per heavy atom. The Morgan fingerprint density at radius 2 is 0.778 bits per heavy atom. The molecule has 0 radical (unpaired) electrons. The number of thioether (sulfide) groups is 1. The van der Waals surface area contributed by atoms with Crippen LogP contribution in [-0.4, -0.2) is 195 Å². The van der Waals surface area contributed by atoms with Crippen molar-refractivity contribution in [3.8, 4) is 0 Å². The lowest BCUT2D eigenvalue weighted by atomic mass is 9.93. The minimum atomic E-state index is -2.97. The van der Waals surface area contributed by atoms with Crippen molar-refractivity contribution < 1.29 is 50.3 Å². The molecule has 6 fully saturated rings.